The Morgan fingerprint density at radius 1 is 1.36 bits per heavy atom. The summed E-state index contributed by atoms with van der Waals surface area (Å²) in [5.74, 6) is -0.134. The molecule has 0 aliphatic heterocycles. The van der Waals surface area contributed by atoms with Gasteiger partial charge in [-0.2, -0.15) is 18.3 Å². The lowest BCUT2D eigenvalue weighted by atomic mass is 10.1. The van der Waals surface area contributed by atoms with E-state index in [0.717, 1.165) is 0 Å². The van der Waals surface area contributed by atoms with Crippen LogP contribution >= 0.6 is 15.9 Å². The molecule has 0 fully saturated rings. The lowest BCUT2D eigenvalue weighted by Crippen LogP contribution is -2.21. The van der Waals surface area contributed by atoms with Gasteiger partial charge in [-0.3, -0.25) is 4.79 Å². The number of benzene rings is 1. The highest BCUT2D eigenvalue weighted by atomic mass is 79.9. The van der Waals surface area contributed by atoms with E-state index in [1.807, 2.05) is 19.0 Å². The van der Waals surface area contributed by atoms with E-state index >= 15 is 0 Å². The highest BCUT2D eigenvalue weighted by molar-refractivity contribution is 9.10. The maximum absolute atomic E-state index is 12.4. The first-order valence-electron chi connectivity index (χ1n) is 6.22. The Morgan fingerprint density at radius 2 is 2.05 bits per heavy atom. The van der Waals surface area contributed by atoms with Gasteiger partial charge in [-0.15, -0.1) is 0 Å². The van der Waals surface area contributed by atoms with Crippen molar-refractivity contribution in [3.63, 3.8) is 0 Å². The number of H-pyrrole nitrogens is 1. The molecule has 1 aromatic carbocycles. The highest BCUT2D eigenvalue weighted by Crippen LogP contribution is 2.30. The fourth-order valence-corrected chi connectivity index (χ4v) is 2.41. The number of nitrogens with one attached hydrogen (secondary N) is 1. The van der Waals surface area contributed by atoms with Crippen molar-refractivity contribution in [2.24, 2.45) is 0 Å². The first-order valence-corrected chi connectivity index (χ1v) is 7.02. The molecule has 0 amide bonds. The monoisotopic (exact) mass is 379 g/mol. The van der Waals surface area contributed by atoms with Gasteiger partial charge in [0.15, 0.2) is 6.61 Å². The van der Waals surface area contributed by atoms with Crippen LogP contribution in [0, 0.1) is 0 Å². The van der Waals surface area contributed by atoms with Crippen LogP contribution in [-0.4, -0.2) is 42.0 Å². The molecule has 2 aromatic rings. The van der Waals surface area contributed by atoms with Crippen LogP contribution in [0.4, 0.5) is 13.2 Å². The standard InChI is InChI=1S/C13H13BrF3N3O2/c1-20(2)5-9-8-3-7(14)4-10(22-6-13(15,16)17)11(8)12(21)19-18-9/h3-4H,5-6H2,1-2H3,(H,19,21). The number of fused-ring (bicyclic) bond motifs is 1. The summed E-state index contributed by atoms with van der Waals surface area (Å²) >= 11 is 3.21. The molecule has 0 bridgehead atoms. The second kappa shape index (κ2) is 6.25. The summed E-state index contributed by atoms with van der Waals surface area (Å²) in [5, 5.41) is 6.76. The SMILES string of the molecule is CN(C)Cc1n[nH]c(=O)c2c(OCC(F)(F)F)cc(Br)cc12. The summed E-state index contributed by atoms with van der Waals surface area (Å²) in [4.78, 5) is 13.8. The number of ether oxygens (including phenoxy) is 1. The Balaban J connectivity index is 2.59. The lowest BCUT2D eigenvalue weighted by Gasteiger charge is -2.14. The Morgan fingerprint density at radius 3 is 2.64 bits per heavy atom. The van der Waals surface area contributed by atoms with Crippen molar-refractivity contribution in [1.82, 2.24) is 15.1 Å². The third-order valence-electron chi connectivity index (χ3n) is 2.75. The molecule has 0 saturated heterocycles. The van der Waals surface area contributed by atoms with Crippen LogP contribution < -0.4 is 10.3 Å². The molecule has 0 aliphatic carbocycles. The van der Waals surface area contributed by atoms with Crippen LogP contribution in [-0.2, 0) is 6.54 Å². The maximum Gasteiger partial charge on any atom is 0.422 e. The molecular formula is C13H13BrF3N3O2. The number of nitrogens with zero attached hydrogens (tertiary/aromatic N) is 2. The van der Waals surface area contributed by atoms with Gasteiger partial charge in [-0.1, -0.05) is 15.9 Å². The van der Waals surface area contributed by atoms with Crippen molar-refractivity contribution < 1.29 is 17.9 Å². The summed E-state index contributed by atoms with van der Waals surface area (Å²) in [5.41, 5.74) is -0.0556. The molecule has 1 heterocycles. The van der Waals surface area contributed by atoms with Crippen LogP contribution in [0.1, 0.15) is 5.69 Å². The second-order valence-corrected chi connectivity index (χ2v) is 5.88. The lowest BCUT2D eigenvalue weighted by molar-refractivity contribution is -0.153. The summed E-state index contributed by atoms with van der Waals surface area (Å²) < 4.78 is 42.3. The maximum atomic E-state index is 12.4. The minimum Gasteiger partial charge on any atom is -0.483 e. The highest BCUT2D eigenvalue weighted by Gasteiger charge is 2.29. The van der Waals surface area contributed by atoms with Gasteiger partial charge in [0, 0.05) is 16.4 Å². The van der Waals surface area contributed by atoms with Gasteiger partial charge < -0.3 is 9.64 Å². The van der Waals surface area contributed by atoms with Crippen molar-refractivity contribution in [1.29, 1.82) is 0 Å². The third kappa shape index (κ3) is 3.98. The Hall–Kier alpha value is -1.61. The molecule has 0 spiro atoms. The van der Waals surface area contributed by atoms with Gasteiger partial charge in [0.25, 0.3) is 5.56 Å². The van der Waals surface area contributed by atoms with E-state index < -0.39 is 18.3 Å². The second-order valence-electron chi connectivity index (χ2n) is 4.97. The fourth-order valence-electron chi connectivity index (χ4n) is 1.97. The van der Waals surface area contributed by atoms with E-state index in [1.165, 1.54) is 6.07 Å². The number of aromatic nitrogens is 2. The minimum absolute atomic E-state index is 0.0549. The fraction of sp³-hybridized carbons (Fsp3) is 0.385. The van der Waals surface area contributed by atoms with E-state index in [2.05, 4.69) is 26.1 Å². The number of alkyl halides is 3. The van der Waals surface area contributed by atoms with Crippen LogP contribution in [0.5, 0.6) is 5.75 Å². The Kier molecular flexibility index (Phi) is 4.76. The molecule has 5 nitrogen and oxygen atoms in total. The number of rotatable bonds is 4. The van der Waals surface area contributed by atoms with Crippen LogP contribution in [0.2, 0.25) is 0 Å². The van der Waals surface area contributed by atoms with Crippen molar-refractivity contribution >= 4 is 26.7 Å². The molecule has 120 valence electrons. The summed E-state index contributed by atoms with van der Waals surface area (Å²) in [6.07, 6.45) is -4.49. The molecule has 1 aromatic heterocycles. The third-order valence-corrected chi connectivity index (χ3v) is 3.21. The smallest absolute Gasteiger partial charge is 0.422 e. The van der Waals surface area contributed by atoms with Crippen LogP contribution in [0.3, 0.4) is 0 Å². The van der Waals surface area contributed by atoms with Gasteiger partial charge >= 0.3 is 6.18 Å². The number of halogens is 4. The molecule has 0 aliphatic rings. The predicted octanol–water partition coefficient (Wildman–Crippen LogP) is 2.69. The van der Waals surface area contributed by atoms with Crippen LogP contribution in [0.15, 0.2) is 21.4 Å². The zero-order valence-corrected chi connectivity index (χ0v) is 13.4. The molecule has 0 saturated carbocycles. The first kappa shape index (κ1) is 16.8. The largest absolute Gasteiger partial charge is 0.483 e. The van der Waals surface area contributed by atoms with E-state index in [1.54, 1.807) is 6.07 Å². The zero-order valence-electron chi connectivity index (χ0n) is 11.8. The summed E-state index contributed by atoms with van der Waals surface area (Å²) in [7, 11) is 3.63. The van der Waals surface area contributed by atoms with Crippen molar-refractivity contribution in [3.8, 4) is 5.75 Å². The summed E-state index contributed by atoms with van der Waals surface area (Å²) in [6, 6.07) is 2.97. The molecule has 1 N–H and O–H groups in total. The topological polar surface area (TPSA) is 58.2 Å². The van der Waals surface area contributed by atoms with Gasteiger partial charge in [0.05, 0.1) is 11.1 Å². The van der Waals surface area contributed by atoms with Crippen molar-refractivity contribution in [2.75, 3.05) is 20.7 Å². The minimum atomic E-state index is -4.49. The molecule has 0 atom stereocenters. The first-order chi connectivity index (χ1) is 10.2. The van der Waals surface area contributed by atoms with Crippen LogP contribution in [0.25, 0.3) is 10.8 Å². The van der Waals surface area contributed by atoms with Gasteiger partial charge in [0.1, 0.15) is 5.75 Å². The predicted molar refractivity (Wildman–Crippen MR) is 79.0 cm³/mol. The van der Waals surface area contributed by atoms with Crippen molar-refractivity contribution in [2.45, 2.75) is 12.7 Å². The molecule has 9 heteroatoms. The van der Waals surface area contributed by atoms with Crippen molar-refractivity contribution in [3.05, 3.63) is 32.7 Å². The van der Waals surface area contributed by atoms with Gasteiger partial charge in [0.2, 0.25) is 0 Å². The summed E-state index contributed by atoms with van der Waals surface area (Å²) in [6.45, 7) is -1.05. The Bertz CT molecular complexity index is 744. The number of aromatic amines is 1. The Labute approximate surface area is 132 Å². The number of hydrogen-bond acceptors (Lipinski definition) is 4. The van der Waals surface area contributed by atoms with Gasteiger partial charge in [-0.05, 0) is 26.2 Å². The average molecular weight is 380 g/mol. The molecule has 2 rings (SSSR count). The van der Waals surface area contributed by atoms with E-state index in [0.29, 0.717) is 22.1 Å². The van der Waals surface area contributed by atoms with E-state index in [9.17, 15) is 18.0 Å². The molecule has 22 heavy (non-hydrogen) atoms. The number of hydrogen-bond donors (Lipinski definition) is 1. The zero-order chi connectivity index (χ0) is 16.5. The molecule has 0 radical (unpaired) electrons. The molecule has 0 unspecified atom stereocenters. The van der Waals surface area contributed by atoms with Gasteiger partial charge in [-0.25, -0.2) is 5.10 Å². The molecular weight excluding hydrogens is 367 g/mol. The quantitative estimate of drug-likeness (QED) is 0.887. The normalized spacial score (nSPS) is 12.1. The van der Waals surface area contributed by atoms with E-state index in [-0.39, 0.29) is 11.1 Å². The average Bonchev–Trinajstić information content (AvgIpc) is 2.38. The van der Waals surface area contributed by atoms with E-state index in [4.69, 9.17) is 4.74 Å².